The third-order valence-corrected chi connectivity index (χ3v) is 9.70. The van der Waals surface area contributed by atoms with Gasteiger partial charge < -0.3 is 9.47 Å². The third-order valence-electron chi connectivity index (χ3n) is 8.89. The molecular formula is C50H76O5S. The lowest BCUT2D eigenvalue weighted by molar-refractivity contribution is -0.179. The summed E-state index contributed by atoms with van der Waals surface area (Å²) in [5.74, 6) is -0.871. The Hall–Kier alpha value is -3.29. The number of rotatable bonds is 34. The van der Waals surface area contributed by atoms with Crippen LogP contribution in [0.3, 0.4) is 0 Å². The van der Waals surface area contributed by atoms with Crippen LogP contribution in [-0.2, 0) is 19.6 Å². The van der Waals surface area contributed by atoms with Gasteiger partial charge in [0.15, 0.2) is 5.79 Å². The first kappa shape index (κ1) is 50.7. The van der Waals surface area contributed by atoms with E-state index in [1.165, 1.54) is 0 Å². The molecule has 0 aliphatic carbocycles. The normalized spacial score (nSPS) is 19.1. The summed E-state index contributed by atoms with van der Waals surface area (Å²) in [5, 5.41) is 0. The van der Waals surface area contributed by atoms with E-state index in [-0.39, 0.29) is 11.9 Å². The highest BCUT2D eigenvalue weighted by molar-refractivity contribution is 7.85. The standard InChI is InChI=1S/C50H76O5S/c1-3-5-7-9-11-13-15-17-19-21-23-25-27-29-31-33-35-37-39-41-45-50(54-48-49(55-50)44-43-47-56(51,52)53)46-42-40-38-36-34-32-30-28-26-24-22-20-18-16-14-12-10-8-6-4-2/h5-8,11-14,17-20,23-26,29-32,35-38,49H,3-4,9-10,15-16,21-22,27-28,33-34,39-48H2,1-2H3,(H,51,52,53). The molecule has 1 aliphatic heterocycles. The van der Waals surface area contributed by atoms with Gasteiger partial charge in [-0.05, 0) is 116 Å². The molecule has 56 heavy (non-hydrogen) atoms. The van der Waals surface area contributed by atoms with Crippen LogP contribution in [0.2, 0.25) is 0 Å². The lowest BCUT2D eigenvalue weighted by Crippen LogP contribution is -2.31. The molecule has 1 fully saturated rings. The van der Waals surface area contributed by atoms with Crippen LogP contribution in [0, 0.1) is 0 Å². The predicted molar refractivity (Wildman–Crippen MR) is 243 cm³/mol. The molecule has 0 radical (unpaired) electrons. The van der Waals surface area contributed by atoms with Crippen LogP contribution >= 0.6 is 0 Å². The van der Waals surface area contributed by atoms with E-state index in [9.17, 15) is 8.42 Å². The molecule has 1 atom stereocenters. The van der Waals surface area contributed by atoms with Gasteiger partial charge in [0.1, 0.15) is 0 Å². The van der Waals surface area contributed by atoms with Gasteiger partial charge in [0, 0.05) is 12.8 Å². The van der Waals surface area contributed by atoms with E-state index in [4.69, 9.17) is 14.0 Å². The van der Waals surface area contributed by atoms with E-state index in [1.54, 1.807) is 0 Å². The second kappa shape index (κ2) is 37.3. The quantitative estimate of drug-likeness (QED) is 0.0399. The Balaban J connectivity index is 2.34. The van der Waals surface area contributed by atoms with Crippen molar-refractivity contribution in [2.24, 2.45) is 0 Å². The molecule has 0 aromatic carbocycles. The summed E-state index contributed by atoms with van der Waals surface area (Å²) < 4.78 is 44.2. The molecule has 6 heteroatoms. The fraction of sp³-hybridized carbons (Fsp3) is 0.520. The average Bonchev–Trinajstić information content (AvgIpc) is 3.58. The van der Waals surface area contributed by atoms with Crippen LogP contribution in [0.25, 0.3) is 0 Å². The molecule has 0 aromatic heterocycles. The van der Waals surface area contributed by atoms with E-state index < -0.39 is 15.9 Å². The maximum atomic E-state index is 11.2. The van der Waals surface area contributed by atoms with Crippen LogP contribution in [0.15, 0.2) is 146 Å². The smallest absolute Gasteiger partial charge is 0.264 e. The number of unbranched alkanes of at least 4 members (excludes halogenated alkanes) is 2. The molecule has 1 heterocycles. The zero-order valence-corrected chi connectivity index (χ0v) is 35.8. The van der Waals surface area contributed by atoms with Crippen LogP contribution in [0.5, 0.6) is 0 Å². The van der Waals surface area contributed by atoms with Gasteiger partial charge in [0.2, 0.25) is 0 Å². The summed E-state index contributed by atoms with van der Waals surface area (Å²) in [4.78, 5) is 0. The van der Waals surface area contributed by atoms with Crippen molar-refractivity contribution < 1.29 is 22.4 Å². The molecule has 0 spiro atoms. The minimum Gasteiger partial charge on any atom is -0.347 e. The molecule has 1 saturated heterocycles. The molecular weight excluding hydrogens is 713 g/mol. The largest absolute Gasteiger partial charge is 0.347 e. The first-order chi connectivity index (χ1) is 27.4. The van der Waals surface area contributed by atoms with Gasteiger partial charge in [-0.1, -0.05) is 160 Å². The summed E-state index contributed by atoms with van der Waals surface area (Å²) in [6.45, 7) is 4.77. The van der Waals surface area contributed by atoms with E-state index in [2.05, 4.69) is 160 Å². The van der Waals surface area contributed by atoms with Crippen molar-refractivity contribution in [1.82, 2.24) is 0 Å². The summed E-state index contributed by atoms with van der Waals surface area (Å²) in [7, 11) is -3.97. The molecule has 0 amide bonds. The first-order valence-corrected chi connectivity index (χ1v) is 23.1. The Bertz CT molecular complexity index is 1330. The highest BCUT2D eigenvalue weighted by atomic mass is 32.2. The summed E-state index contributed by atoms with van der Waals surface area (Å²) in [5.41, 5.74) is 0. The molecule has 1 unspecified atom stereocenters. The lowest BCUT2D eigenvalue weighted by atomic mass is 10.0. The van der Waals surface area contributed by atoms with Crippen molar-refractivity contribution in [3.63, 3.8) is 0 Å². The Kier molecular flexibility index (Phi) is 33.8. The van der Waals surface area contributed by atoms with Gasteiger partial charge in [-0.25, -0.2) is 0 Å². The molecule has 0 saturated carbocycles. The Labute approximate surface area is 343 Å². The van der Waals surface area contributed by atoms with Crippen LogP contribution in [0.4, 0.5) is 0 Å². The maximum Gasteiger partial charge on any atom is 0.264 e. The van der Waals surface area contributed by atoms with Crippen molar-refractivity contribution in [3.05, 3.63) is 146 Å². The van der Waals surface area contributed by atoms with E-state index in [0.29, 0.717) is 19.4 Å². The lowest BCUT2D eigenvalue weighted by Gasteiger charge is -2.28. The molecule has 0 aromatic rings. The van der Waals surface area contributed by atoms with Gasteiger partial charge >= 0.3 is 0 Å². The number of hydrogen-bond donors (Lipinski definition) is 1. The van der Waals surface area contributed by atoms with Gasteiger partial charge in [-0.15, -0.1) is 0 Å². The first-order valence-electron chi connectivity index (χ1n) is 21.5. The molecule has 1 aliphatic rings. The molecule has 1 N–H and O–H groups in total. The van der Waals surface area contributed by atoms with Crippen LogP contribution in [0.1, 0.15) is 142 Å². The van der Waals surface area contributed by atoms with Crippen molar-refractivity contribution in [2.75, 3.05) is 12.4 Å². The second-order valence-electron chi connectivity index (χ2n) is 14.0. The van der Waals surface area contributed by atoms with Gasteiger partial charge in [-0.3, -0.25) is 4.55 Å². The van der Waals surface area contributed by atoms with E-state index >= 15 is 0 Å². The second-order valence-corrected chi connectivity index (χ2v) is 15.6. The fourth-order valence-electron chi connectivity index (χ4n) is 5.90. The van der Waals surface area contributed by atoms with Gasteiger partial charge in [0.25, 0.3) is 10.1 Å². The zero-order valence-electron chi connectivity index (χ0n) is 35.0. The van der Waals surface area contributed by atoms with Crippen molar-refractivity contribution >= 4 is 10.1 Å². The van der Waals surface area contributed by atoms with Gasteiger partial charge in [0.05, 0.1) is 18.5 Å². The molecule has 312 valence electrons. The Morgan fingerprint density at radius 1 is 0.482 bits per heavy atom. The maximum absolute atomic E-state index is 11.2. The fourth-order valence-corrected chi connectivity index (χ4v) is 6.43. The monoisotopic (exact) mass is 789 g/mol. The highest BCUT2D eigenvalue weighted by Crippen LogP contribution is 2.35. The molecule has 5 nitrogen and oxygen atoms in total. The minimum absolute atomic E-state index is 0.145. The Morgan fingerprint density at radius 2 is 0.786 bits per heavy atom. The summed E-state index contributed by atoms with van der Waals surface area (Å²) in [6.07, 6.45) is 71.3. The van der Waals surface area contributed by atoms with Crippen LogP contribution < -0.4 is 0 Å². The number of allylic oxidation sites excluding steroid dienone is 24. The van der Waals surface area contributed by atoms with Crippen molar-refractivity contribution in [3.8, 4) is 0 Å². The number of hydrogen-bond acceptors (Lipinski definition) is 4. The van der Waals surface area contributed by atoms with Crippen molar-refractivity contribution in [1.29, 1.82) is 0 Å². The zero-order chi connectivity index (χ0) is 40.5. The summed E-state index contributed by atoms with van der Waals surface area (Å²) in [6, 6.07) is 0. The molecule has 0 bridgehead atoms. The highest BCUT2D eigenvalue weighted by Gasteiger charge is 2.40. The third kappa shape index (κ3) is 34.0. The average molecular weight is 789 g/mol. The SMILES string of the molecule is CCC=CCC=CCC=CCC=CCC=CCC=CCCCC1(CCCC=CCC=CCC=CCC=CCC=CCC=CCC)OCC(CCCS(=O)(=O)O)O1. The van der Waals surface area contributed by atoms with E-state index in [0.717, 1.165) is 116 Å². The van der Waals surface area contributed by atoms with Gasteiger partial charge in [-0.2, -0.15) is 8.42 Å². The van der Waals surface area contributed by atoms with Crippen molar-refractivity contribution in [2.45, 2.75) is 154 Å². The minimum atomic E-state index is -3.97. The Morgan fingerprint density at radius 3 is 1.09 bits per heavy atom. The van der Waals surface area contributed by atoms with Crippen LogP contribution in [-0.4, -0.2) is 37.2 Å². The number of ether oxygens (including phenoxy) is 2. The molecule has 1 rings (SSSR count). The predicted octanol–water partition coefficient (Wildman–Crippen LogP) is 14.5. The van der Waals surface area contributed by atoms with E-state index in [1.807, 2.05) is 0 Å². The topological polar surface area (TPSA) is 72.8 Å². The summed E-state index contributed by atoms with van der Waals surface area (Å²) >= 11 is 0.